The third-order valence-corrected chi connectivity index (χ3v) is 4.44. The molecular weight excluding hydrogens is 280 g/mol. The maximum Gasteiger partial charge on any atom is 0.277 e. The van der Waals surface area contributed by atoms with E-state index in [-0.39, 0.29) is 5.91 Å². The number of fused-ring (bicyclic) bond motifs is 1. The first kappa shape index (κ1) is 12.6. The van der Waals surface area contributed by atoms with Crippen LogP contribution in [0.5, 0.6) is 0 Å². The van der Waals surface area contributed by atoms with E-state index in [4.69, 9.17) is 11.6 Å². The van der Waals surface area contributed by atoms with E-state index in [9.17, 15) is 4.79 Å². The second kappa shape index (κ2) is 4.94. The van der Waals surface area contributed by atoms with Gasteiger partial charge in [-0.05, 0) is 37.0 Å². The molecule has 0 atom stereocenters. The molecule has 1 aliphatic rings. The third-order valence-electron chi connectivity index (χ3n) is 3.44. The van der Waals surface area contributed by atoms with Crippen molar-refractivity contribution in [2.24, 2.45) is 0 Å². The van der Waals surface area contributed by atoms with Crippen molar-refractivity contribution in [3.05, 3.63) is 44.9 Å². The average molecular weight is 293 g/mol. The minimum atomic E-state index is -0.0347. The van der Waals surface area contributed by atoms with Crippen LogP contribution in [0.15, 0.2) is 23.0 Å². The number of rotatable bonds is 1. The van der Waals surface area contributed by atoms with E-state index in [1.807, 2.05) is 24.0 Å². The number of aromatic nitrogens is 1. The van der Waals surface area contributed by atoms with E-state index in [1.54, 1.807) is 10.9 Å². The molecule has 0 bridgehead atoms. The molecule has 0 saturated carbocycles. The van der Waals surface area contributed by atoms with Gasteiger partial charge in [-0.2, -0.15) is 0 Å². The number of nitrogens with zero attached hydrogens (tertiary/aromatic N) is 2. The maximum absolute atomic E-state index is 12.5. The van der Waals surface area contributed by atoms with Crippen LogP contribution < -0.4 is 4.90 Å². The lowest BCUT2D eigenvalue weighted by Crippen LogP contribution is -2.36. The van der Waals surface area contributed by atoms with Gasteiger partial charge >= 0.3 is 0 Å². The molecule has 0 saturated heterocycles. The summed E-state index contributed by atoms with van der Waals surface area (Å²) >= 11 is 7.62. The molecule has 0 aliphatic carbocycles. The lowest BCUT2D eigenvalue weighted by Gasteiger charge is -2.31. The highest BCUT2D eigenvalue weighted by Crippen LogP contribution is 2.35. The Morgan fingerprint density at radius 3 is 3.05 bits per heavy atom. The molecule has 2 aromatic rings. The van der Waals surface area contributed by atoms with E-state index in [2.05, 4.69) is 4.98 Å². The summed E-state index contributed by atoms with van der Waals surface area (Å²) in [6, 6.07) is 3.93. The van der Waals surface area contributed by atoms with Crippen molar-refractivity contribution in [2.45, 2.75) is 19.8 Å². The van der Waals surface area contributed by atoms with Gasteiger partial charge in [0.15, 0.2) is 0 Å². The van der Waals surface area contributed by atoms with Crippen molar-refractivity contribution < 1.29 is 4.79 Å². The van der Waals surface area contributed by atoms with Gasteiger partial charge in [0.25, 0.3) is 5.91 Å². The number of halogens is 1. The molecule has 0 spiro atoms. The number of thiazole rings is 1. The van der Waals surface area contributed by atoms with Crippen molar-refractivity contribution in [1.82, 2.24) is 4.98 Å². The van der Waals surface area contributed by atoms with Crippen LogP contribution in [0.2, 0.25) is 5.02 Å². The number of carbonyl (C=O) groups is 1. The minimum absolute atomic E-state index is 0.0347. The fraction of sp³-hybridized carbons (Fsp3) is 0.286. The van der Waals surface area contributed by atoms with Crippen molar-refractivity contribution in [3.63, 3.8) is 0 Å². The molecule has 5 heteroatoms. The summed E-state index contributed by atoms with van der Waals surface area (Å²) in [7, 11) is 0. The van der Waals surface area contributed by atoms with Crippen LogP contribution in [-0.4, -0.2) is 17.4 Å². The fourth-order valence-electron chi connectivity index (χ4n) is 2.51. The van der Waals surface area contributed by atoms with Crippen molar-refractivity contribution in [1.29, 1.82) is 0 Å². The first-order valence-electron chi connectivity index (χ1n) is 6.16. The number of aryl methyl sites for hydroxylation is 1. The molecule has 0 unspecified atom stereocenters. The van der Waals surface area contributed by atoms with Crippen molar-refractivity contribution >= 4 is 34.5 Å². The monoisotopic (exact) mass is 292 g/mol. The molecule has 0 N–H and O–H groups in total. The minimum Gasteiger partial charge on any atom is -0.306 e. The summed E-state index contributed by atoms with van der Waals surface area (Å²) in [5.41, 5.74) is 5.33. The Labute approximate surface area is 120 Å². The van der Waals surface area contributed by atoms with Crippen LogP contribution in [0.25, 0.3) is 0 Å². The lowest BCUT2D eigenvalue weighted by atomic mass is 9.98. The summed E-state index contributed by atoms with van der Waals surface area (Å²) in [5.74, 6) is -0.0347. The Morgan fingerprint density at radius 2 is 2.32 bits per heavy atom. The molecule has 0 fully saturated rings. The van der Waals surface area contributed by atoms with Gasteiger partial charge < -0.3 is 4.90 Å². The Balaban J connectivity index is 2.07. The van der Waals surface area contributed by atoms with Gasteiger partial charge in [-0.15, -0.1) is 11.3 Å². The van der Waals surface area contributed by atoms with E-state index in [0.29, 0.717) is 10.7 Å². The Hall–Kier alpha value is -1.39. The molecule has 98 valence electrons. The molecule has 2 heterocycles. The molecule has 1 aromatic carbocycles. The fourth-order valence-corrected chi connectivity index (χ4v) is 3.19. The van der Waals surface area contributed by atoms with Crippen LogP contribution in [0.4, 0.5) is 5.69 Å². The Kier molecular flexibility index (Phi) is 3.29. The number of hydrogen-bond acceptors (Lipinski definition) is 3. The van der Waals surface area contributed by atoms with E-state index in [1.165, 1.54) is 16.9 Å². The van der Waals surface area contributed by atoms with Crippen LogP contribution in [-0.2, 0) is 6.42 Å². The molecular formula is C14H13ClN2OS. The maximum atomic E-state index is 12.5. The predicted molar refractivity (Wildman–Crippen MR) is 78.3 cm³/mol. The third kappa shape index (κ3) is 2.15. The first-order valence-corrected chi connectivity index (χ1v) is 7.48. The zero-order chi connectivity index (χ0) is 13.4. The van der Waals surface area contributed by atoms with Gasteiger partial charge in [-0.1, -0.05) is 17.7 Å². The molecule has 3 nitrogen and oxygen atoms in total. The van der Waals surface area contributed by atoms with E-state index in [0.717, 1.165) is 30.6 Å². The van der Waals surface area contributed by atoms with Crippen LogP contribution >= 0.6 is 22.9 Å². The van der Waals surface area contributed by atoms with Gasteiger partial charge in [-0.25, -0.2) is 4.98 Å². The second-order valence-corrected chi connectivity index (χ2v) is 5.74. The largest absolute Gasteiger partial charge is 0.306 e. The van der Waals surface area contributed by atoms with Crippen molar-refractivity contribution in [3.8, 4) is 0 Å². The highest BCUT2D eigenvalue weighted by Gasteiger charge is 2.26. The Bertz CT molecular complexity index is 625. The molecule has 1 amide bonds. The van der Waals surface area contributed by atoms with Gasteiger partial charge in [0, 0.05) is 16.9 Å². The summed E-state index contributed by atoms with van der Waals surface area (Å²) in [5, 5.41) is 2.49. The smallest absolute Gasteiger partial charge is 0.277 e. The van der Waals surface area contributed by atoms with Crippen LogP contribution in [0, 0.1) is 6.92 Å². The Morgan fingerprint density at radius 1 is 1.47 bits per heavy atom. The van der Waals surface area contributed by atoms with E-state index >= 15 is 0 Å². The SMILES string of the molecule is Cc1c(Cl)ccc2c1N(C(=O)c1cscn1)CCC2. The van der Waals surface area contributed by atoms with Crippen LogP contribution in [0.3, 0.4) is 0 Å². The number of carbonyl (C=O) groups excluding carboxylic acids is 1. The second-order valence-electron chi connectivity index (χ2n) is 4.61. The van der Waals surface area contributed by atoms with Crippen molar-refractivity contribution in [2.75, 3.05) is 11.4 Å². The van der Waals surface area contributed by atoms with Gasteiger partial charge in [0.05, 0.1) is 11.2 Å². The van der Waals surface area contributed by atoms with Crippen LogP contribution in [0.1, 0.15) is 28.0 Å². The quantitative estimate of drug-likeness (QED) is 0.803. The highest BCUT2D eigenvalue weighted by atomic mass is 35.5. The topological polar surface area (TPSA) is 33.2 Å². The zero-order valence-corrected chi connectivity index (χ0v) is 12.1. The lowest BCUT2D eigenvalue weighted by molar-refractivity contribution is 0.0981. The molecule has 19 heavy (non-hydrogen) atoms. The summed E-state index contributed by atoms with van der Waals surface area (Å²) < 4.78 is 0. The summed E-state index contributed by atoms with van der Waals surface area (Å²) in [6.07, 6.45) is 1.97. The molecule has 0 radical (unpaired) electrons. The number of benzene rings is 1. The number of amides is 1. The summed E-state index contributed by atoms with van der Waals surface area (Å²) in [4.78, 5) is 18.4. The summed E-state index contributed by atoms with van der Waals surface area (Å²) in [6.45, 7) is 2.69. The van der Waals surface area contributed by atoms with Gasteiger partial charge in [0.2, 0.25) is 0 Å². The van der Waals surface area contributed by atoms with E-state index < -0.39 is 0 Å². The molecule has 3 rings (SSSR count). The molecule has 1 aliphatic heterocycles. The number of hydrogen-bond donors (Lipinski definition) is 0. The zero-order valence-electron chi connectivity index (χ0n) is 10.5. The predicted octanol–water partition coefficient (Wildman–Crippen LogP) is 3.70. The highest BCUT2D eigenvalue weighted by molar-refractivity contribution is 7.07. The standard InChI is InChI=1S/C14H13ClN2OS/c1-9-11(15)5-4-10-3-2-6-17(13(9)10)14(18)12-7-19-8-16-12/h4-5,7-8H,2-3,6H2,1H3. The first-order chi connectivity index (χ1) is 9.18. The van der Waals surface area contributed by atoms with Gasteiger partial charge in [0.1, 0.15) is 5.69 Å². The normalized spacial score (nSPS) is 14.3. The average Bonchev–Trinajstić information content (AvgIpc) is 2.95. The number of anilines is 1. The molecule has 1 aromatic heterocycles. The van der Waals surface area contributed by atoms with Gasteiger partial charge in [-0.3, -0.25) is 4.79 Å².